The lowest BCUT2D eigenvalue weighted by atomic mass is 9.93. The third-order valence-electron chi connectivity index (χ3n) is 8.76. The highest BCUT2D eigenvalue weighted by atomic mass is 19.4. The van der Waals surface area contributed by atoms with Crippen molar-refractivity contribution in [1.29, 1.82) is 0 Å². The predicted molar refractivity (Wildman–Crippen MR) is 152 cm³/mol. The van der Waals surface area contributed by atoms with Crippen LogP contribution in [0.25, 0.3) is 11.1 Å². The number of hydrogen-bond donors (Lipinski definition) is 1. The average Bonchev–Trinajstić information content (AvgIpc) is 3.44. The van der Waals surface area contributed by atoms with Crippen LogP contribution in [0, 0.1) is 11.6 Å². The van der Waals surface area contributed by atoms with E-state index in [9.17, 15) is 36.3 Å². The quantitative estimate of drug-likeness (QED) is 0.198. The number of imide groups is 1. The maximum atomic E-state index is 14.8. The Kier molecular flexibility index (Phi) is 8.00. The summed E-state index contributed by atoms with van der Waals surface area (Å²) < 4.78 is 67.4. The Labute approximate surface area is 250 Å². The molecule has 6 rings (SSSR count). The SMILES string of the molecule is O=C(NCC(F)(F)F)C1c2cc(F)ccc2-c2c(CCCCN3CCC(N4C(=O)c5ccccc5C4=O)CC3)cc(F)cc21. The largest absolute Gasteiger partial charge is 0.405 e. The molecule has 11 heteroatoms. The second kappa shape index (κ2) is 11.8. The van der Waals surface area contributed by atoms with Crippen molar-refractivity contribution in [2.45, 2.75) is 50.2 Å². The standard InChI is InChI=1S/C33H30F5N3O3/c34-20-8-9-23-26(16-20)29(30(42)39-18-33(36,37)38)27-17-21(35)15-19(28(23)27)5-3-4-12-40-13-10-22(11-14-40)41-31(43)24-6-1-2-7-25(24)32(41)44/h1-2,6-9,15-17,22,29H,3-5,10-14,18H2,(H,39,42). The van der Waals surface area contributed by atoms with Crippen LogP contribution in [0.3, 0.4) is 0 Å². The number of hydrogen-bond acceptors (Lipinski definition) is 4. The number of aryl methyl sites for hydroxylation is 1. The van der Waals surface area contributed by atoms with Gasteiger partial charge >= 0.3 is 6.18 Å². The van der Waals surface area contributed by atoms with Gasteiger partial charge in [-0.3, -0.25) is 19.3 Å². The maximum absolute atomic E-state index is 14.8. The zero-order valence-electron chi connectivity index (χ0n) is 23.7. The van der Waals surface area contributed by atoms with Gasteiger partial charge in [-0.2, -0.15) is 13.2 Å². The summed E-state index contributed by atoms with van der Waals surface area (Å²) >= 11 is 0. The van der Waals surface area contributed by atoms with E-state index in [1.54, 1.807) is 24.3 Å². The number of nitrogens with one attached hydrogen (secondary N) is 1. The van der Waals surface area contributed by atoms with Crippen molar-refractivity contribution in [3.8, 4) is 11.1 Å². The smallest absolute Gasteiger partial charge is 0.346 e. The van der Waals surface area contributed by atoms with Crippen LogP contribution >= 0.6 is 0 Å². The van der Waals surface area contributed by atoms with Crippen molar-refractivity contribution in [3.05, 3.63) is 94.0 Å². The normalized spacial score (nSPS) is 18.4. The molecule has 0 aromatic heterocycles. The van der Waals surface area contributed by atoms with E-state index in [0.29, 0.717) is 53.5 Å². The summed E-state index contributed by atoms with van der Waals surface area (Å²) in [6, 6.07) is 13.1. The second-order valence-electron chi connectivity index (χ2n) is 11.6. The van der Waals surface area contributed by atoms with Crippen molar-refractivity contribution >= 4 is 17.7 Å². The number of unbranched alkanes of at least 4 members (excludes halogenated alkanes) is 1. The van der Waals surface area contributed by atoms with E-state index in [1.165, 1.54) is 23.1 Å². The summed E-state index contributed by atoms with van der Waals surface area (Å²) in [6.07, 6.45) is -1.37. The van der Waals surface area contributed by atoms with Crippen LogP contribution in [0.15, 0.2) is 54.6 Å². The van der Waals surface area contributed by atoms with Crippen LogP contribution in [0.2, 0.25) is 0 Å². The van der Waals surface area contributed by atoms with Crippen molar-refractivity contribution in [3.63, 3.8) is 0 Å². The van der Waals surface area contributed by atoms with Crippen LogP contribution in [-0.2, 0) is 11.2 Å². The van der Waals surface area contributed by atoms with Gasteiger partial charge in [-0.25, -0.2) is 8.78 Å². The molecule has 3 aromatic carbocycles. The highest BCUT2D eigenvalue weighted by molar-refractivity contribution is 6.21. The monoisotopic (exact) mass is 611 g/mol. The summed E-state index contributed by atoms with van der Waals surface area (Å²) in [5.74, 6) is -3.95. The number of amides is 3. The minimum atomic E-state index is -4.63. The number of rotatable bonds is 8. The van der Waals surface area contributed by atoms with E-state index < -0.39 is 36.2 Å². The third kappa shape index (κ3) is 5.72. The fraction of sp³-hybridized carbons (Fsp3) is 0.364. The molecule has 230 valence electrons. The van der Waals surface area contributed by atoms with Gasteiger partial charge < -0.3 is 10.2 Å². The van der Waals surface area contributed by atoms with Gasteiger partial charge in [-0.15, -0.1) is 0 Å². The number of halogens is 5. The third-order valence-corrected chi connectivity index (χ3v) is 8.76. The number of fused-ring (bicyclic) bond motifs is 4. The lowest BCUT2D eigenvalue weighted by Crippen LogP contribution is -2.47. The number of carbonyl (C=O) groups is 3. The number of alkyl halides is 3. The highest BCUT2D eigenvalue weighted by Crippen LogP contribution is 2.47. The Balaban J connectivity index is 1.08. The van der Waals surface area contributed by atoms with Gasteiger partial charge in [0.1, 0.15) is 18.2 Å². The zero-order chi connectivity index (χ0) is 31.2. The van der Waals surface area contributed by atoms with E-state index in [1.807, 2.05) is 5.32 Å². The maximum Gasteiger partial charge on any atom is 0.405 e. The second-order valence-corrected chi connectivity index (χ2v) is 11.6. The molecule has 1 aliphatic carbocycles. The fourth-order valence-corrected chi connectivity index (χ4v) is 6.77. The molecule has 1 N–H and O–H groups in total. The van der Waals surface area contributed by atoms with Crippen LogP contribution in [-0.4, -0.2) is 65.9 Å². The average molecular weight is 612 g/mol. The number of piperidine rings is 1. The molecule has 44 heavy (non-hydrogen) atoms. The zero-order valence-corrected chi connectivity index (χ0v) is 23.7. The molecule has 1 unspecified atom stereocenters. The molecule has 1 fully saturated rings. The van der Waals surface area contributed by atoms with Gasteiger partial charge in [0.25, 0.3) is 11.8 Å². The summed E-state index contributed by atoms with van der Waals surface area (Å²) in [6.45, 7) is 0.666. The lowest BCUT2D eigenvalue weighted by Gasteiger charge is -2.35. The van der Waals surface area contributed by atoms with E-state index >= 15 is 0 Å². The Morgan fingerprint density at radius 3 is 2.16 bits per heavy atom. The van der Waals surface area contributed by atoms with Gasteiger partial charge in [-0.1, -0.05) is 18.2 Å². The molecule has 0 bridgehead atoms. The van der Waals surface area contributed by atoms with Crippen molar-refractivity contribution < 1.29 is 36.3 Å². The first-order valence-corrected chi connectivity index (χ1v) is 14.7. The Morgan fingerprint density at radius 1 is 0.841 bits per heavy atom. The Morgan fingerprint density at radius 2 is 1.50 bits per heavy atom. The van der Waals surface area contributed by atoms with Gasteiger partial charge in [0.2, 0.25) is 5.91 Å². The molecular weight excluding hydrogens is 581 g/mol. The van der Waals surface area contributed by atoms with Crippen molar-refractivity contribution in [2.75, 3.05) is 26.2 Å². The molecule has 2 heterocycles. The van der Waals surface area contributed by atoms with E-state index in [4.69, 9.17) is 0 Å². The summed E-state index contributed by atoms with van der Waals surface area (Å²) in [5.41, 5.74) is 3.04. The number of likely N-dealkylation sites (tertiary alicyclic amines) is 1. The molecule has 2 aliphatic heterocycles. The molecule has 6 nitrogen and oxygen atoms in total. The minimum absolute atomic E-state index is 0.153. The van der Waals surface area contributed by atoms with Gasteiger partial charge in [-0.05, 0) is 103 Å². The summed E-state index contributed by atoms with van der Waals surface area (Å²) in [5, 5.41) is 1.87. The number of carbonyl (C=O) groups excluding carboxylic acids is 3. The molecular formula is C33H30F5N3O3. The van der Waals surface area contributed by atoms with Gasteiger partial charge in [0.05, 0.1) is 17.0 Å². The molecule has 3 aromatic rings. The molecule has 1 saturated heterocycles. The highest BCUT2D eigenvalue weighted by Gasteiger charge is 2.41. The predicted octanol–water partition coefficient (Wildman–Crippen LogP) is 5.84. The molecule has 0 radical (unpaired) electrons. The van der Waals surface area contributed by atoms with E-state index in [0.717, 1.165) is 38.2 Å². The first-order chi connectivity index (χ1) is 21.0. The molecule has 0 spiro atoms. The van der Waals surface area contributed by atoms with Gasteiger partial charge in [0.15, 0.2) is 0 Å². The van der Waals surface area contributed by atoms with Crippen LogP contribution in [0.5, 0.6) is 0 Å². The van der Waals surface area contributed by atoms with Crippen LogP contribution < -0.4 is 5.32 Å². The van der Waals surface area contributed by atoms with Crippen molar-refractivity contribution in [2.24, 2.45) is 0 Å². The Bertz CT molecular complexity index is 1600. The summed E-state index contributed by atoms with van der Waals surface area (Å²) in [7, 11) is 0. The fourth-order valence-electron chi connectivity index (χ4n) is 6.77. The van der Waals surface area contributed by atoms with E-state index in [2.05, 4.69) is 4.90 Å². The van der Waals surface area contributed by atoms with Gasteiger partial charge in [0, 0.05) is 19.1 Å². The molecule has 0 saturated carbocycles. The number of benzene rings is 3. The molecule has 1 atom stereocenters. The Hall–Kier alpha value is -4.12. The van der Waals surface area contributed by atoms with Crippen LogP contribution in [0.4, 0.5) is 22.0 Å². The molecule has 3 amide bonds. The first kappa shape index (κ1) is 29.9. The van der Waals surface area contributed by atoms with E-state index in [-0.39, 0.29) is 29.0 Å². The lowest BCUT2D eigenvalue weighted by molar-refractivity contribution is -0.138. The minimum Gasteiger partial charge on any atom is -0.346 e. The van der Waals surface area contributed by atoms with Crippen molar-refractivity contribution in [1.82, 2.24) is 15.1 Å². The first-order valence-electron chi connectivity index (χ1n) is 14.7. The summed E-state index contributed by atoms with van der Waals surface area (Å²) in [4.78, 5) is 42.2. The van der Waals surface area contributed by atoms with Crippen LogP contribution in [0.1, 0.15) is 69.0 Å². The molecule has 3 aliphatic rings. The number of nitrogens with zero attached hydrogens (tertiary/aromatic N) is 2. The topological polar surface area (TPSA) is 69.7 Å².